The summed E-state index contributed by atoms with van der Waals surface area (Å²) in [6, 6.07) is 17.1. The average molecular weight is 357 g/mol. The van der Waals surface area contributed by atoms with Crippen LogP contribution in [0.3, 0.4) is 0 Å². The van der Waals surface area contributed by atoms with Gasteiger partial charge in [-0.25, -0.2) is 4.79 Å². The lowest BCUT2D eigenvalue weighted by Gasteiger charge is -2.28. The first-order valence-corrected chi connectivity index (χ1v) is 8.09. The van der Waals surface area contributed by atoms with Crippen molar-refractivity contribution in [2.24, 2.45) is 5.10 Å². The second-order valence-corrected chi connectivity index (χ2v) is 5.88. The number of allylic oxidation sites excluding steroid dienone is 2. The van der Waals surface area contributed by atoms with Gasteiger partial charge in [0, 0.05) is 5.02 Å². The van der Waals surface area contributed by atoms with Gasteiger partial charge in [-0.3, -0.25) is 5.43 Å². The molecule has 1 aliphatic heterocycles. The summed E-state index contributed by atoms with van der Waals surface area (Å²) in [6.07, 6.45) is -0.789. The van der Waals surface area contributed by atoms with E-state index in [-0.39, 0.29) is 0 Å². The van der Waals surface area contributed by atoms with E-state index in [1.165, 1.54) is 7.11 Å². The van der Waals surface area contributed by atoms with Crippen molar-refractivity contribution in [2.75, 3.05) is 7.11 Å². The molecule has 0 fully saturated rings. The number of methoxy groups -OCH3 is 1. The standard InChI is InChI=1S/C19H17ClN2O3/c1-12-18(25-19(23)24-2)16(14-10-6-7-11-15(14)20)17(22-21-12)13-8-4-3-5-9-13/h3-11,16,21H,1-2H3. The van der Waals surface area contributed by atoms with Crippen LogP contribution in [0.15, 0.2) is 71.2 Å². The van der Waals surface area contributed by atoms with E-state index in [1.54, 1.807) is 13.0 Å². The van der Waals surface area contributed by atoms with Crippen LogP contribution >= 0.6 is 11.6 Å². The zero-order valence-electron chi connectivity index (χ0n) is 13.8. The normalized spacial score (nSPS) is 16.8. The summed E-state index contributed by atoms with van der Waals surface area (Å²) < 4.78 is 10.1. The van der Waals surface area contributed by atoms with Gasteiger partial charge in [-0.2, -0.15) is 5.10 Å². The number of halogens is 1. The molecule has 0 bridgehead atoms. The van der Waals surface area contributed by atoms with Crippen LogP contribution < -0.4 is 5.43 Å². The molecule has 0 radical (unpaired) electrons. The maximum absolute atomic E-state index is 11.8. The highest BCUT2D eigenvalue weighted by Gasteiger charge is 2.33. The summed E-state index contributed by atoms with van der Waals surface area (Å²) in [5.74, 6) is -0.0229. The Hall–Kier alpha value is -2.79. The number of hydrogen-bond acceptors (Lipinski definition) is 5. The first-order valence-electron chi connectivity index (χ1n) is 7.71. The second kappa shape index (κ2) is 7.40. The van der Waals surface area contributed by atoms with Gasteiger partial charge in [-0.1, -0.05) is 60.1 Å². The minimum Gasteiger partial charge on any atom is -0.437 e. The Morgan fingerprint density at radius 2 is 1.80 bits per heavy atom. The smallest absolute Gasteiger partial charge is 0.437 e. The summed E-state index contributed by atoms with van der Waals surface area (Å²) in [7, 11) is 1.27. The molecule has 25 heavy (non-hydrogen) atoms. The topological polar surface area (TPSA) is 59.9 Å². The fourth-order valence-corrected chi connectivity index (χ4v) is 2.95. The van der Waals surface area contributed by atoms with Crippen LogP contribution in [0, 0.1) is 0 Å². The molecule has 0 aliphatic carbocycles. The zero-order chi connectivity index (χ0) is 17.8. The first kappa shape index (κ1) is 17.0. The fraction of sp³-hybridized carbons (Fsp3) is 0.158. The van der Waals surface area contributed by atoms with Crippen molar-refractivity contribution in [1.29, 1.82) is 0 Å². The number of carbonyl (C=O) groups is 1. The molecule has 128 valence electrons. The highest BCUT2D eigenvalue weighted by molar-refractivity contribution is 6.32. The fourth-order valence-electron chi connectivity index (χ4n) is 2.71. The van der Waals surface area contributed by atoms with E-state index >= 15 is 0 Å². The Morgan fingerprint density at radius 1 is 1.12 bits per heavy atom. The third kappa shape index (κ3) is 3.51. The van der Waals surface area contributed by atoms with Gasteiger partial charge in [0.2, 0.25) is 0 Å². The Bertz CT molecular complexity index is 847. The van der Waals surface area contributed by atoms with E-state index in [0.717, 1.165) is 11.1 Å². The average Bonchev–Trinajstić information content (AvgIpc) is 2.64. The van der Waals surface area contributed by atoms with Crippen LogP contribution in [0.5, 0.6) is 0 Å². The van der Waals surface area contributed by atoms with Crippen molar-refractivity contribution in [1.82, 2.24) is 5.43 Å². The predicted octanol–water partition coefficient (Wildman–Crippen LogP) is 4.45. The van der Waals surface area contributed by atoms with E-state index in [1.807, 2.05) is 48.5 Å². The first-order chi connectivity index (χ1) is 12.1. The maximum atomic E-state index is 11.8. The molecule has 5 nitrogen and oxygen atoms in total. The van der Waals surface area contributed by atoms with Crippen molar-refractivity contribution >= 4 is 23.5 Å². The lowest BCUT2D eigenvalue weighted by Crippen LogP contribution is -2.29. The van der Waals surface area contributed by atoms with Crippen LogP contribution in [0.2, 0.25) is 5.02 Å². The van der Waals surface area contributed by atoms with Crippen molar-refractivity contribution in [3.05, 3.63) is 82.2 Å². The summed E-state index contributed by atoms with van der Waals surface area (Å²) in [4.78, 5) is 11.8. The predicted molar refractivity (Wildman–Crippen MR) is 96.5 cm³/mol. The number of carbonyl (C=O) groups excluding carboxylic acids is 1. The molecule has 0 saturated heterocycles. The minimum absolute atomic E-state index is 0.411. The SMILES string of the molecule is COC(=O)OC1=C(C)NN=C(c2ccccc2)C1c1ccccc1Cl. The van der Waals surface area contributed by atoms with Gasteiger partial charge < -0.3 is 9.47 Å². The van der Waals surface area contributed by atoms with E-state index in [4.69, 9.17) is 16.3 Å². The lowest BCUT2D eigenvalue weighted by molar-refractivity contribution is 0.0931. The number of rotatable bonds is 3. The molecule has 1 N–H and O–H groups in total. The molecule has 0 amide bonds. The highest BCUT2D eigenvalue weighted by atomic mass is 35.5. The van der Waals surface area contributed by atoms with E-state index < -0.39 is 12.1 Å². The lowest BCUT2D eigenvalue weighted by atomic mass is 9.86. The van der Waals surface area contributed by atoms with E-state index in [2.05, 4.69) is 15.3 Å². The zero-order valence-corrected chi connectivity index (χ0v) is 14.6. The van der Waals surface area contributed by atoms with Gasteiger partial charge >= 0.3 is 6.16 Å². The molecule has 2 aromatic rings. The second-order valence-electron chi connectivity index (χ2n) is 5.47. The van der Waals surface area contributed by atoms with Crippen LogP contribution in [0.1, 0.15) is 24.0 Å². The van der Waals surface area contributed by atoms with Gasteiger partial charge in [0.25, 0.3) is 0 Å². The molecule has 3 rings (SSSR count). The van der Waals surface area contributed by atoms with Crippen molar-refractivity contribution in [3.63, 3.8) is 0 Å². The number of benzene rings is 2. The Balaban J connectivity index is 2.13. The summed E-state index contributed by atoms with van der Waals surface area (Å²) in [5.41, 5.74) is 5.95. The monoisotopic (exact) mass is 356 g/mol. The summed E-state index contributed by atoms with van der Waals surface area (Å²) in [5, 5.41) is 5.05. The van der Waals surface area contributed by atoms with Gasteiger partial charge in [0.15, 0.2) is 0 Å². The number of nitrogens with zero attached hydrogens (tertiary/aromatic N) is 1. The van der Waals surface area contributed by atoms with Gasteiger partial charge in [-0.15, -0.1) is 0 Å². The summed E-state index contributed by atoms with van der Waals surface area (Å²) in [6.45, 7) is 1.79. The molecular formula is C19H17ClN2O3. The minimum atomic E-state index is -0.789. The van der Waals surface area contributed by atoms with Crippen molar-refractivity contribution < 1.29 is 14.3 Å². The highest BCUT2D eigenvalue weighted by Crippen LogP contribution is 2.37. The van der Waals surface area contributed by atoms with Gasteiger partial charge in [-0.05, 0) is 24.1 Å². The van der Waals surface area contributed by atoms with E-state index in [0.29, 0.717) is 22.2 Å². The molecule has 2 aromatic carbocycles. The number of hydrazone groups is 1. The molecule has 1 atom stereocenters. The Kier molecular flexibility index (Phi) is 5.05. The quantitative estimate of drug-likeness (QED) is 0.825. The molecule has 1 heterocycles. The molecular weight excluding hydrogens is 340 g/mol. The molecule has 0 aromatic heterocycles. The number of nitrogens with one attached hydrogen (secondary N) is 1. The molecule has 1 unspecified atom stereocenters. The van der Waals surface area contributed by atoms with Crippen LogP contribution in [0.4, 0.5) is 4.79 Å². The van der Waals surface area contributed by atoms with Crippen LogP contribution in [-0.4, -0.2) is 19.0 Å². The van der Waals surface area contributed by atoms with Gasteiger partial charge in [0.1, 0.15) is 5.76 Å². The third-order valence-corrected chi connectivity index (χ3v) is 4.24. The van der Waals surface area contributed by atoms with E-state index in [9.17, 15) is 4.79 Å². The molecule has 0 spiro atoms. The van der Waals surface area contributed by atoms with Crippen molar-refractivity contribution in [3.8, 4) is 0 Å². The summed E-state index contributed by atoms with van der Waals surface area (Å²) >= 11 is 6.42. The Labute approximate surface area is 150 Å². The van der Waals surface area contributed by atoms with Gasteiger partial charge in [0.05, 0.1) is 24.4 Å². The number of hydrogen-bond donors (Lipinski definition) is 1. The third-order valence-electron chi connectivity index (χ3n) is 3.90. The molecule has 6 heteroatoms. The number of ether oxygens (including phenoxy) is 2. The Morgan fingerprint density at radius 3 is 2.48 bits per heavy atom. The van der Waals surface area contributed by atoms with Crippen molar-refractivity contribution in [2.45, 2.75) is 12.8 Å². The molecule has 0 saturated carbocycles. The maximum Gasteiger partial charge on any atom is 0.513 e. The largest absolute Gasteiger partial charge is 0.513 e. The molecule has 1 aliphatic rings. The van der Waals surface area contributed by atoms with Crippen LogP contribution in [-0.2, 0) is 9.47 Å². The van der Waals surface area contributed by atoms with Crippen LogP contribution in [0.25, 0.3) is 0 Å².